The van der Waals surface area contributed by atoms with Crippen molar-refractivity contribution in [2.75, 3.05) is 20.3 Å². The summed E-state index contributed by atoms with van der Waals surface area (Å²) >= 11 is 9.20. The first-order valence-corrected chi connectivity index (χ1v) is 6.20. The quantitative estimate of drug-likeness (QED) is 0.786. The summed E-state index contributed by atoms with van der Waals surface area (Å²) in [6.45, 7) is 1.06. The average molecular weight is 322 g/mol. The summed E-state index contributed by atoms with van der Waals surface area (Å²) < 4.78 is 5.64. The van der Waals surface area contributed by atoms with E-state index in [4.69, 9.17) is 22.1 Å². The number of nitrogens with two attached hydrogens (primary N) is 1. The Balaban J connectivity index is 2.82. The maximum atomic E-state index is 11.4. The molecule has 0 fully saturated rings. The second-order valence-electron chi connectivity index (χ2n) is 3.46. The van der Waals surface area contributed by atoms with Gasteiger partial charge in [-0.25, -0.2) is 0 Å². The van der Waals surface area contributed by atoms with Crippen molar-refractivity contribution in [1.82, 2.24) is 5.32 Å². The van der Waals surface area contributed by atoms with Crippen LogP contribution in [-0.2, 0) is 9.53 Å². The van der Waals surface area contributed by atoms with Crippen LogP contribution < -0.4 is 11.1 Å². The molecule has 0 radical (unpaired) electrons. The Morgan fingerprint density at radius 1 is 1.65 bits per heavy atom. The normalized spacial score (nSPS) is 12.4. The van der Waals surface area contributed by atoms with Gasteiger partial charge in [-0.1, -0.05) is 17.7 Å². The van der Waals surface area contributed by atoms with E-state index in [0.717, 1.165) is 10.0 Å². The fraction of sp³-hybridized carbons (Fsp3) is 0.364. The minimum atomic E-state index is -0.543. The molecule has 1 atom stereocenters. The number of hydrogen-bond donors (Lipinski definition) is 2. The van der Waals surface area contributed by atoms with E-state index in [2.05, 4.69) is 21.2 Å². The summed E-state index contributed by atoms with van der Waals surface area (Å²) in [5, 5.41) is 3.61. The van der Waals surface area contributed by atoms with Crippen LogP contribution in [0, 0.1) is 0 Å². The van der Waals surface area contributed by atoms with Crippen LogP contribution in [-0.4, -0.2) is 26.2 Å². The van der Waals surface area contributed by atoms with Crippen molar-refractivity contribution in [3.63, 3.8) is 0 Å². The molecule has 0 aromatic heterocycles. The van der Waals surface area contributed by atoms with E-state index in [-0.39, 0.29) is 0 Å². The minimum Gasteiger partial charge on any atom is -0.383 e. The largest absolute Gasteiger partial charge is 0.383 e. The summed E-state index contributed by atoms with van der Waals surface area (Å²) in [6.07, 6.45) is 0. The van der Waals surface area contributed by atoms with E-state index in [1.165, 1.54) is 0 Å². The van der Waals surface area contributed by atoms with Gasteiger partial charge in [-0.2, -0.15) is 0 Å². The SMILES string of the molecule is COCCNC(C(N)=O)c1ccc(Cl)c(Br)c1. The second kappa shape index (κ2) is 6.96. The van der Waals surface area contributed by atoms with Crippen molar-refractivity contribution in [2.24, 2.45) is 5.73 Å². The smallest absolute Gasteiger partial charge is 0.239 e. The van der Waals surface area contributed by atoms with E-state index in [1.54, 1.807) is 25.3 Å². The van der Waals surface area contributed by atoms with Crippen LogP contribution in [0.3, 0.4) is 0 Å². The highest BCUT2D eigenvalue weighted by Gasteiger charge is 2.17. The molecule has 0 saturated heterocycles. The van der Waals surface area contributed by atoms with Gasteiger partial charge in [-0.05, 0) is 33.6 Å². The van der Waals surface area contributed by atoms with Crippen LogP contribution in [0.25, 0.3) is 0 Å². The Hall–Kier alpha value is -0.620. The standard InChI is InChI=1S/C11H14BrClN2O2/c1-17-5-4-15-10(11(14)16)7-2-3-9(13)8(12)6-7/h2-3,6,10,15H,4-5H2,1H3,(H2,14,16). The van der Waals surface area contributed by atoms with Crippen molar-refractivity contribution in [3.05, 3.63) is 33.3 Å². The summed E-state index contributed by atoms with van der Waals surface area (Å²) in [7, 11) is 1.60. The van der Waals surface area contributed by atoms with Crippen molar-refractivity contribution in [3.8, 4) is 0 Å². The third kappa shape index (κ3) is 4.27. The lowest BCUT2D eigenvalue weighted by Crippen LogP contribution is -2.35. The summed E-state index contributed by atoms with van der Waals surface area (Å²) in [6, 6.07) is 4.72. The van der Waals surface area contributed by atoms with Gasteiger partial charge in [-0.15, -0.1) is 0 Å². The number of carbonyl (C=O) groups is 1. The second-order valence-corrected chi connectivity index (χ2v) is 4.72. The highest BCUT2D eigenvalue weighted by atomic mass is 79.9. The highest BCUT2D eigenvalue weighted by molar-refractivity contribution is 9.10. The first kappa shape index (κ1) is 14.4. The van der Waals surface area contributed by atoms with Crippen LogP contribution in [0.15, 0.2) is 22.7 Å². The molecule has 0 saturated carbocycles. The predicted octanol–water partition coefficient (Wildman–Crippen LogP) is 1.86. The summed E-state index contributed by atoms with van der Waals surface area (Å²) in [4.78, 5) is 11.4. The Morgan fingerprint density at radius 3 is 2.88 bits per heavy atom. The molecule has 0 bridgehead atoms. The molecule has 0 aliphatic heterocycles. The average Bonchev–Trinajstić information content (AvgIpc) is 2.28. The number of benzene rings is 1. The van der Waals surface area contributed by atoms with Gasteiger partial charge < -0.3 is 10.5 Å². The number of nitrogens with one attached hydrogen (secondary N) is 1. The van der Waals surface area contributed by atoms with Crippen molar-refractivity contribution >= 4 is 33.4 Å². The maximum Gasteiger partial charge on any atom is 0.239 e. The van der Waals surface area contributed by atoms with E-state index in [1.807, 2.05) is 0 Å². The number of carbonyl (C=O) groups excluding carboxylic acids is 1. The van der Waals surface area contributed by atoms with E-state index < -0.39 is 11.9 Å². The van der Waals surface area contributed by atoms with Crippen LogP contribution in [0.1, 0.15) is 11.6 Å². The molecule has 0 aliphatic rings. The molecule has 6 heteroatoms. The van der Waals surface area contributed by atoms with E-state index >= 15 is 0 Å². The number of hydrogen-bond acceptors (Lipinski definition) is 3. The fourth-order valence-corrected chi connectivity index (χ4v) is 1.89. The molecule has 17 heavy (non-hydrogen) atoms. The van der Waals surface area contributed by atoms with Gasteiger partial charge in [0.2, 0.25) is 5.91 Å². The molecular formula is C11H14BrClN2O2. The van der Waals surface area contributed by atoms with E-state index in [9.17, 15) is 4.79 Å². The van der Waals surface area contributed by atoms with Gasteiger partial charge in [0.1, 0.15) is 6.04 Å². The number of methoxy groups -OCH3 is 1. The van der Waals surface area contributed by atoms with Crippen LogP contribution in [0.2, 0.25) is 5.02 Å². The molecule has 1 rings (SSSR count). The number of amides is 1. The molecule has 1 amide bonds. The summed E-state index contributed by atoms with van der Waals surface area (Å²) in [5.41, 5.74) is 6.12. The molecule has 0 heterocycles. The Labute approximate surface area is 114 Å². The molecule has 0 aliphatic carbocycles. The third-order valence-electron chi connectivity index (χ3n) is 2.22. The number of primary amides is 1. The molecule has 3 N–H and O–H groups in total. The van der Waals surface area contributed by atoms with Crippen LogP contribution >= 0.6 is 27.5 Å². The van der Waals surface area contributed by atoms with Crippen LogP contribution in [0.5, 0.6) is 0 Å². The lowest BCUT2D eigenvalue weighted by atomic mass is 10.1. The molecule has 4 nitrogen and oxygen atoms in total. The van der Waals surface area contributed by atoms with Gasteiger partial charge in [0.05, 0.1) is 11.6 Å². The Kier molecular flexibility index (Phi) is 5.91. The first-order valence-electron chi connectivity index (χ1n) is 5.03. The minimum absolute atomic E-state index is 0.435. The summed E-state index contributed by atoms with van der Waals surface area (Å²) in [5.74, 6) is -0.435. The molecule has 94 valence electrons. The van der Waals surface area contributed by atoms with Gasteiger partial charge in [0, 0.05) is 18.1 Å². The van der Waals surface area contributed by atoms with Gasteiger partial charge >= 0.3 is 0 Å². The Morgan fingerprint density at radius 2 is 2.35 bits per heavy atom. The topological polar surface area (TPSA) is 64.3 Å². The predicted molar refractivity (Wildman–Crippen MR) is 71.0 cm³/mol. The van der Waals surface area contributed by atoms with Crippen LogP contribution in [0.4, 0.5) is 0 Å². The van der Waals surface area contributed by atoms with Gasteiger partial charge in [0.25, 0.3) is 0 Å². The number of rotatable bonds is 6. The third-order valence-corrected chi connectivity index (χ3v) is 3.43. The monoisotopic (exact) mass is 320 g/mol. The van der Waals surface area contributed by atoms with Crippen molar-refractivity contribution in [1.29, 1.82) is 0 Å². The number of ether oxygens (including phenoxy) is 1. The van der Waals surface area contributed by atoms with Crippen molar-refractivity contribution < 1.29 is 9.53 Å². The zero-order chi connectivity index (χ0) is 12.8. The zero-order valence-corrected chi connectivity index (χ0v) is 11.7. The highest BCUT2D eigenvalue weighted by Crippen LogP contribution is 2.26. The lowest BCUT2D eigenvalue weighted by Gasteiger charge is -2.16. The van der Waals surface area contributed by atoms with Gasteiger partial charge in [-0.3, -0.25) is 10.1 Å². The fourth-order valence-electron chi connectivity index (χ4n) is 1.38. The lowest BCUT2D eigenvalue weighted by molar-refractivity contribution is -0.120. The molecular weight excluding hydrogens is 307 g/mol. The maximum absolute atomic E-state index is 11.4. The number of halogens is 2. The van der Waals surface area contributed by atoms with E-state index in [0.29, 0.717) is 18.2 Å². The molecule has 1 aromatic carbocycles. The Bertz CT molecular complexity index is 401. The van der Waals surface area contributed by atoms with Gasteiger partial charge in [0.15, 0.2) is 0 Å². The zero-order valence-electron chi connectivity index (χ0n) is 9.37. The molecule has 1 aromatic rings. The molecule has 1 unspecified atom stereocenters. The van der Waals surface area contributed by atoms with Crippen molar-refractivity contribution in [2.45, 2.75) is 6.04 Å². The first-order chi connectivity index (χ1) is 8.06. The molecule has 0 spiro atoms.